The summed E-state index contributed by atoms with van der Waals surface area (Å²) in [6.45, 7) is -0.0770. The standard InChI is InChI=1S/C16H13BrN2O2/c17-12-7-5-11(6-8-12)9-15-18-13-3-1-2-4-14(13)19(15)10-16(20)21/h1-8H,9-10H2,(H,20,21). The maximum absolute atomic E-state index is 11.1. The van der Waals surface area contributed by atoms with Gasteiger partial charge in [-0.05, 0) is 29.8 Å². The molecular formula is C16H13BrN2O2. The summed E-state index contributed by atoms with van der Waals surface area (Å²) in [5.41, 5.74) is 2.78. The van der Waals surface area contributed by atoms with E-state index in [9.17, 15) is 4.79 Å². The molecule has 0 radical (unpaired) electrons. The van der Waals surface area contributed by atoms with E-state index in [0.717, 1.165) is 26.9 Å². The third kappa shape index (κ3) is 2.97. The Morgan fingerprint density at radius 3 is 2.57 bits per heavy atom. The molecule has 0 bridgehead atoms. The maximum atomic E-state index is 11.1. The number of carboxylic acid groups (broad SMARTS) is 1. The van der Waals surface area contributed by atoms with Gasteiger partial charge in [0.05, 0.1) is 11.0 Å². The average molecular weight is 345 g/mol. The van der Waals surface area contributed by atoms with Crippen molar-refractivity contribution in [3.63, 3.8) is 0 Å². The van der Waals surface area contributed by atoms with Crippen molar-refractivity contribution in [2.75, 3.05) is 0 Å². The lowest BCUT2D eigenvalue weighted by molar-refractivity contribution is -0.137. The topological polar surface area (TPSA) is 55.1 Å². The van der Waals surface area contributed by atoms with Gasteiger partial charge in [-0.1, -0.05) is 40.2 Å². The van der Waals surface area contributed by atoms with Crippen LogP contribution in [0.2, 0.25) is 0 Å². The number of aromatic nitrogens is 2. The van der Waals surface area contributed by atoms with E-state index in [1.165, 1.54) is 0 Å². The molecule has 3 rings (SSSR count). The highest BCUT2D eigenvalue weighted by molar-refractivity contribution is 9.10. The van der Waals surface area contributed by atoms with E-state index in [1.54, 1.807) is 4.57 Å². The molecule has 5 heteroatoms. The minimum atomic E-state index is -0.866. The fraction of sp³-hybridized carbons (Fsp3) is 0.125. The molecule has 0 fully saturated rings. The van der Waals surface area contributed by atoms with Crippen molar-refractivity contribution in [3.8, 4) is 0 Å². The Balaban J connectivity index is 2.04. The number of halogens is 1. The van der Waals surface area contributed by atoms with Crippen LogP contribution < -0.4 is 0 Å². The van der Waals surface area contributed by atoms with E-state index >= 15 is 0 Å². The Kier molecular flexibility index (Phi) is 3.75. The molecule has 1 aromatic heterocycles. The number of benzene rings is 2. The van der Waals surface area contributed by atoms with Crippen molar-refractivity contribution in [3.05, 3.63) is 64.4 Å². The number of hydrogen-bond acceptors (Lipinski definition) is 2. The number of para-hydroxylation sites is 2. The highest BCUT2D eigenvalue weighted by atomic mass is 79.9. The predicted molar refractivity (Wildman–Crippen MR) is 84.3 cm³/mol. The van der Waals surface area contributed by atoms with Gasteiger partial charge in [-0.2, -0.15) is 0 Å². The highest BCUT2D eigenvalue weighted by Gasteiger charge is 2.13. The quantitative estimate of drug-likeness (QED) is 0.788. The lowest BCUT2D eigenvalue weighted by Gasteiger charge is -2.06. The van der Waals surface area contributed by atoms with E-state index < -0.39 is 5.97 Å². The summed E-state index contributed by atoms with van der Waals surface area (Å²) in [7, 11) is 0. The molecule has 0 saturated heterocycles. The molecule has 3 aromatic rings. The lowest BCUT2D eigenvalue weighted by Crippen LogP contribution is -2.12. The Bertz CT molecular complexity index is 794. The smallest absolute Gasteiger partial charge is 0.323 e. The monoisotopic (exact) mass is 344 g/mol. The summed E-state index contributed by atoms with van der Waals surface area (Å²) in [6, 6.07) is 15.6. The first-order valence-corrected chi connectivity index (χ1v) is 7.33. The zero-order valence-corrected chi connectivity index (χ0v) is 12.7. The summed E-state index contributed by atoms with van der Waals surface area (Å²) in [6.07, 6.45) is 0.606. The first kappa shape index (κ1) is 13.8. The number of hydrogen-bond donors (Lipinski definition) is 1. The average Bonchev–Trinajstić information content (AvgIpc) is 2.79. The molecule has 0 aliphatic carbocycles. The molecule has 21 heavy (non-hydrogen) atoms. The van der Waals surface area contributed by atoms with Gasteiger partial charge in [-0.25, -0.2) is 4.98 Å². The first-order chi connectivity index (χ1) is 10.1. The number of carboxylic acids is 1. The highest BCUT2D eigenvalue weighted by Crippen LogP contribution is 2.19. The molecular weight excluding hydrogens is 332 g/mol. The zero-order chi connectivity index (χ0) is 14.8. The van der Waals surface area contributed by atoms with Crippen LogP contribution >= 0.6 is 15.9 Å². The van der Waals surface area contributed by atoms with Gasteiger partial charge in [0, 0.05) is 10.9 Å². The van der Waals surface area contributed by atoms with Gasteiger partial charge >= 0.3 is 5.97 Å². The van der Waals surface area contributed by atoms with E-state index in [0.29, 0.717) is 6.42 Å². The van der Waals surface area contributed by atoms with Crippen LogP contribution in [0.15, 0.2) is 53.0 Å². The fourth-order valence-electron chi connectivity index (χ4n) is 2.36. The van der Waals surface area contributed by atoms with Gasteiger partial charge in [0.1, 0.15) is 12.4 Å². The number of rotatable bonds is 4. The van der Waals surface area contributed by atoms with Crippen molar-refractivity contribution < 1.29 is 9.90 Å². The number of carbonyl (C=O) groups is 1. The SMILES string of the molecule is O=C(O)Cn1c(Cc2ccc(Br)cc2)nc2ccccc21. The van der Waals surface area contributed by atoms with Crippen LogP contribution in [0.4, 0.5) is 0 Å². The second kappa shape index (κ2) is 5.69. The Hall–Kier alpha value is -2.14. The van der Waals surface area contributed by atoms with Crippen molar-refractivity contribution in [2.45, 2.75) is 13.0 Å². The minimum Gasteiger partial charge on any atom is -0.480 e. The van der Waals surface area contributed by atoms with Gasteiger partial charge < -0.3 is 9.67 Å². The first-order valence-electron chi connectivity index (χ1n) is 6.54. The largest absolute Gasteiger partial charge is 0.480 e. The second-order valence-electron chi connectivity index (χ2n) is 4.80. The van der Waals surface area contributed by atoms with Crippen LogP contribution in [0.25, 0.3) is 11.0 Å². The Labute approximate surface area is 130 Å². The predicted octanol–water partition coefficient (Wildman–Crippen LogP) is 3.47. The van der Waals surface area contributed by atoms with Crippen LogP contribution in [0, 0.1) is 0 Å². The molecule has 0 amide bonds. The second-order valence-corrected chi connectivity index (χ2v) is 5.72. The molecule has 2 aromatic carbocycles. The van der Waals surface area contributed by atoms with E-state index in [4.69, 9.17) is 5.11 Å². The summed E-state index contributed by atoms with van der Waals surface area (Å²) in [5, 5.41) is 9.12. The molecule has 0 spiro atoms. The normalized spacial score (nSPS) is 10.9. The fourth-order valence-corrected chi connectivity index (χ4v) is 2.62. The van der Waals surface area contributed by atoms with Crippen molar-refractivity contribution in [2.24, 2.45) is 0 Å². The molecule has 0 atom stereocenters. The molecule has 4 nitrogen and oxygen atoms in total. The molecule has 1 N–H and O–H groups in total. The van der Waals surface area contributed by atoms with Crippen LogP contribution in [0.3, 0.4) is 0 Å². The molecule has 0 aliphatic heterocycles. The van der Waals surface area contributed by atoms with E-state index in [-0.39, 0.29) is 6.54 Å². The number of aliphatic carboxylic acids is 1. The van der Waals surface area contributed by atoms with Crippen LogP contribution in [-0.4, -0.2) is 20.6 Å². The molecule has 0 aliphatic rings. The number of fused-ring (bicyclic) bond motifs is 1. The third-order valence-corrected chi connectivity index (χ3v) is 3.83. The molecule has 0 saturated carbocycles. The van der Waals surface area contributed by atoms with Crippen molar-refractivity contribution in [1.82, 2.24) is 9.55 Å². The number of imidazole rings is 1. The van der Waals surface area contributed by atoms with Crippen LogP contribution in [0.1, 0.15) is 11.4 Å². The van der Waals surface area contributed by atoms with E-state index in [1.807, 2.05) is 48.5 Å². The Morgan fingerprint density at radius 2 is 1.86 bits per heavy atom. The van der Waals surface area contributed by atoms with Crippen LogP contribution in [-0.2, 0) is 17.8 Å². The third-order valence-electron chi connectivity index (χ3n) is 3.30. The molecule has 0 unspecified atom stereocenters. The minimum absolute atomic E-state index is 0.0770. The summed E-state index contributed by atoms with van der Waals surface area (Å²) >= 11 is 3.41. The van der Waals surface area contributed by atoms with Gasteiger partial charge in [0.2, 0.25) is 0 Å². The van der Waals surface area contributed by atoms with Gasteiger partial charge in [0.25, 0.3) is 0 Å². The summed E-state index contributed by atoms with van der Waals surface area (Å²) in [4.78, 5) is 15.7. The molecule has 106 valence electrons. The van der Waals surface area contributed by atoms with Gasteiger partial charge in [-0.3, -0.25) is 4.79 Å². The lowest BCUT2D eigenvalue weighted by atomic mass is 10.1. The van der Waals surface area contributed by atoms with E-state index in [2.05, 4.69) is 20.9 Å². The van der Waals surface area contributed by atoms with Gasteiger partial charge in [0.15, 0.2) is 0 Å². The number of nitrogens with zero attached hydrogens (tertiary/aromatic N) is 2. The summed E-state index contributed by atoms with van der Waals surface area (Å²) in [5.74, 6) is -0.101. The summed E-state index contributed by atoms with van der Waals surface area (Å²) < 4.78 is 2.78. The molecule has 1 heterocycles. The van der Waals surface area contributed by atoms with Crippen molar-refractivity contribution in [1.29, 1.82) is 0 Å². The Morgan fingerprint density at radius 1 is 1.14 bits per heavy atom. The maximum Gasteiger partial charge on any atom is 0.323 e. The zero-order valence-electron chi connectivity index (χ0n) is 11.2. The van der Waals surface area contributed by atoms with Crippen LogP contribution in [0.5, 0.6) is 0 Å². The van der Waals surface area contributed by atoms with Crippen molar-refractivity contribution >= 4 is 32.9 Å². The van der Waals surface area contributed by atoms with Gasteiger partial charge in [-0.15, -0.1) is 0 Å².